The van der Waals surface area contributed by atoms with Crippen LogP contribution < -0.4 is 10.6 Å². The van der Waals surface area contributed by atoms with Crippen LogP contribution in [0.1, 0.15) is 16.7 Å². The van der Waals surface area contributed by atoms with E-state index < -0.39 is 12.1 Å². The molecule has 0 radical (unpaired) electrons. The molecule has 3 aromatic carbocycles. The summed E-state index contributed by atoms with van der Waals surface area (Å²) >= 11 is 12.2. The number of carbonyl (C=O) groups excluding carboxylic acids is 2. The molecule has 0 saturated heterocycles. The summed E-state index contributed by atoms with van der Waals surface area (Å²) in [4.78, 5) is 28.8. The van der Waals surface area contributed by atoms with Crippen LogP contribution in [0, 0.1) is 0 Å². The average molecular weight is 510 g/mol. The lowest BCUT2D eigenvalue weighted by atomic mass is 10.0. The summed E-state index contributed by atoms with van der Waals surface area (Å²) in [5.74, 6) is -0.308. The second-order valence-corrected chi connectivity index (χ2v) is 8.94. The second-order valence-electron chi connectivity index (χ2n) is 8.10. The normalized spacial score (nSPS) is 11.7. The van der Waals surface area contributed by atoms with Gasteiger partial charge >= 0.3 is 6.09 Å². The van der Waals surface area contributed by atoms with Crippen LogP contribution >= 0.6 is 23.2 Å². The van der Waals surface area contributed by atoms with Crippen molar-refractivity contribution in [3.05, 3.63) is 106 Å². The first-order valence-corrected chi connectivity index (χ1v) is 12.0. The van der Waals surface area contributed by atoms with Crippen LogP contribution in [0.25, 0.3) is 10.9 Å². The maximum absolute atomic E-state index is 13.1. The van der Waals surface area contributed by atoms with E-state index in [0.29, 0.717) is 29.4 Å². The number of H-pyrrole nitrogens is 1. The van der Waals surface area contributed by atoms with Crippen LogP contribution in [0.5, 0.6) is 0 Å². The highest BCUT2D eigenvalue weighted by Gasteiger charge is 2.23. The Hall–Kier alpha value is -3.48. The zero-order valence-corrected chi connectivity index (χ0v) is 20.4. The Labute approximate surface area is 213 Å². The predicted molar refractivity (Wildman–Crippen MR) is 139 cm³/mol. The van der Waals surface area contributed by atoms with Crippen LogP contribution in [0.4, 0.5) is 4.79 Å². The van der Waals surface area contributed by atoms with E-state index in [1.165, 1.54) is 0 Å². The summed E-state index contributed by atoms with van der Waals surface area (Å²) < 4.78 is 5.35. The molecule has 0 aliphatic carbocycles. The van der Waals surface area contributed by atoms with Gasteiger partial charge in [0.1, 0.15) is 12.6 Å². The molecule has 1 aromatic heterocycles. The van der Waals surface area contributed by atoms with E-state index in [1.807, 2.05) is 66.9 Å². The molecular formula is C27H25Cl2N3O3. The second kappa shape index (κ2) is 11.8. The molecular weight excluding hydrogens is 485 g/mol. The molecule has 0 bridgehead atoms. The topological polar surface area (TPSA) is 83.2 Å². The zero-order valence-electron chi connectivity index (χ0n) is 18.9. The molecule has 1 heterocycles. The average Bonchev–Trinajstić information content (AvgIpc) is 3.27. The van der Waals surface area contributed by atoms with Crippen LogP contribution in [-0.2, 0) is 29.0 Å². The van der Waals surface area contributed by atoms with Gasteiger partial charge in [0, 0.05) is 40.1 Å². The third-order valence-electron chi connectivity index (χ3n) is 5.63. The van der Waals surface area contributed by atoms with Gasteiger partial charge in [0.05, 0.1) is 0 Å². The maximum atomic E-state index is 13.1. The van der Waals surface area contributed by atoms with Gasteiger partial charge in [0.2, 0.25) is 5.91 Å². The Balaban J connectivity index is 1.42. The van der Waals surface area contributed by atoms with Gasteiger partial charge in [-0.2, -0.15) is 0 Å². The summed E-state index contributed by atoms with van der Waals surface area (Å²) in [6.07, 6.45) is 2.03. The lowest BCUT2D eigenvalue weighted by Gasteiger charge is -2.18. The monoisotopic (exact) mass is 509 g/mol. The number of benzene rings is 3. The molecule has 3 N–H and O–H groups in total. The fourth-order valence-corrected chi connectivity index (χ4v) is 4.31. The van der Waals surface area contributed by atoms with Crippen molar-refractivity contribution in [3.8, 4) is 0 Å². The SMILES string of the molecule is O=C(N[C@@H](Cc1c[nH]c2ccccc12)C(=O)NCCc1ccc(Cl)cc1Cl)OCc1ccccc1. The predicted octanol–water partition coefficient (Wildman–Crippen LogP) is 5.67. The van der Waals surface area contributed by atoms with Crippen LogP contribution in [0.3, 0.4) is 0 Å². The number of hydrogen-bond donors (Lipinski definition) is 3. The zero-order chi connectivity index (χ0) is 24.6. The third kappa shape index (κ3) is 6.78. The van der Waals surface area contributed by atoms with Gasteiger partial charge in [0.15, 0.2) is 0 Å². The van der Waals surface area contributed by atoms with Crippen LogP contribution in [-0.4, -0.2) is 29.6 Å². The molecule has 1 atom stereocenters. The minimum absolute atomic E-state index is 0.114. The molecule has 0 aliphatic rings. The molecule has 8 heteroatoms. The summed E-state index contributed by atoms with van der Waals surface area (Å²) in [6.45, 7) is 0.467. The minimum Gasteiger partial charge on any atom is -0.445 e. The first-order chi connectivity index (χ1) is 17.0. The van der Waals surface area contributed by atoms with E-state index in [2.05, 4.69) is 15.6 Å². The highest BCUT2D eigenvalue weighted by Crippen LogP contribution is 2.21. The van der Waals surface area contributed by atoms with Gasteiger partial charge in [-0.1, -0.05) is 77.8 Å². The Kier molecular flexibility index (Phi) is 8.29. The van der Waals surface area contributed by atoms with Crippen LogP contribution in [0.15, 0.2) is 79.0 Å². The fourth-order valence-electron chi connectivity index (χ4n) is 3.80. The molecule has 0 spiro atoms. The lowest BCUT2D eigenvalue weighted by molar-refractivity contribution is -0.123. The van der Waals surface area contributed by atoms with Crippen LogP contribution in [0.2, 0.25) is 10.0 Å². The van der Waals surface area contributed by atoms with Gasteiger partial charge in [-0.25, -0.2) is 4.79 Å². The molecule has 180 valence electrons. The number of fused-ring (bicyclic) bond motifs is 1. The summed E-state index contributed by atoms with van der Waals surface area (Å²) in [6, 6.07) is 21.6. The Morgan fingerprint density at radius 2 is 1.71 bits per heavy atom. The highest BCUT2D eigenvalue weighted by molar-refractivity contribution is 6.35. The van der Waals surface area contributed by atoms with E-state index in [9.17, 15) is 9.59 Å². The Morgan fingerprint density at radius 1 is 0.943 bits per heavy atom. The number of aromatic amines is 1. The first kappa shape index (κ1) is 24.6. The molecule has 4 aromatic rings. The molecule has 0 saturated carbocycles. The van der Waals surface area contributed by atoms with E-state index in [0.717, 1.165) is 27.6 Å². The molecule has 6 nitrogen and oxygen atoms in total. The first-order valence-electron chi connectivity index (χ1n) is 11.2. The van der Waals surface area contributed by atoms with Crippen molar-refractivity contribution in [2.24, 2.45) is 0 Å². The number of alkyl carbamates (subject to hydrolysis) is 1. The molecule has 2 amide bonds. The number of carbonyl (C=O) groups is 2. The fraction of sp³-hybridized carbons (Fsp3) is 0.185. The van der Waals surface area contributed by atoms with Crippen molar-refractivity contribution in [2.45, 2.75) is 25.5 Å². The number of nitrogens with one attached hydrogen (secondary N) is 3. The number of aromatic nitrogens is 1. The molecule has 4 rings (SSSR count). The molecule has 0 aliphatic heterocycles. The van der Waals surface area contributed by atoms with Gasteiger partial charge in [-0.05, 0) is 41.3 Å². The minimum atomic E-state index is -0.821. The Morgan fingerprint density at radius 3 is 2.51 bits per heavy atom. The van der Waals surface area contributed by atoms with Gasteiger partial charge in [-0.3, -0.25) is 4.79 Å². The van der Waals surface area contributed by atoms with E-state index in [4.69, 9.17) is 27.9 Å². The van der Waals surface area contributed by atoms with Crippen molar-refractivity contribution >= 4 is 46.1 Å². The van der Waals surface area contributed by atoms with Crippen molar-refractivity contribution in [1.29, 1.82) is 0 Å². The van der Waals surface area contributed by atoms with Gasteiger partial charge in [-0.15, -0.1) is 0 Å². The Bertz CT molecular complexity index is 1310. The number of hydrogen-bond acceptors (Lipinski definition) is 3. The van der Waals surface area contributed by atoms with Crippen molar-refractivity contribution < 1.29 is 14.3 Å². The van der Waals surface area contributed by atoms with Gasteiger partial charge in [0.25, 0.3) is 0 Å². The summed E-state index contributed by atoms with van der Waals surface area (Å²) in [5.41, 5.74) is 3.62. The molecule has 0 unspecified atom stereocenters. The van der Waals surface area contributed by atoms with Crippen molar-refractivity contribution in [2.75, 3.05) is 6.54 Å². The number of para-hydroxylation sites is 1. The highest BCUT2D eigenvalue weighted by atomic mass is 35.5. The molecule has 0 fully saturated rings. The molecule has 35 heavy (non-hydrogen) atoms. The summed E-state index contributed by atoms with van der Waals surface area (Å²) in [5, 5.41) is 7.73. The van der Waals surface area contributed by atoms with E-state index >= 15 is 0 Å². The lowest BCUT2D eigenvalue weighted by Crippen LogP contribution is -2.48. The largest absolute Gasteiger partial charge is 0.445 e. The number of rotatable bonds is 9. The number of halogens is 2. The smallest absolute Gasteiger partial charge is 0.408 e. The quantitative estimate of drug-likeness (QED) is 0.271. The van der Waals surface area contributed by atoms with Gasteiger partial charge < -0.3 is 20.4 Å². The maximum Gasteiger partial charge on any atom is 0.408 e. The van der Waals surface area contributed by atoms with Crippen molar-refractivity contribution in [1.82, 2.24) is 15.6 Å². The number of ether oxygens (including phenoxy) is 1. The van der Waals surface area contributed by atoms with E-state index in [-0.39, 0.29) is 12.5 Å². The number of amides is 2. The third-order valence-corrected chi connectivity index (χ3v) is 6.22. The van der Waals surface area contributed by atoms with Crippen molar-refractivity contribution in [3.63, 3.8) is 0 Å². The summed E-state index contributed by atoms with van der Waals surface area (Å²) in [7, 11) is 0. The van der Waals surface area contributed by atoms with E-state index in [1.54, 1.807) is 12.1 Å². The standard InChI is InChI=1S/C27H25Cl2N3O3/c28-21-11-10-19(23(29)15-21)12-13-30-26(33)25(14-20-16-31-24-9-5-4-8-22(20)24)32-27(34)35-17-18-6-2-1-3-7-18/h1-11,15-16,25,31H,12-14,17H2,(H,30,33)(H,32,34)/t25-/m0/s1.